The molecule has 8 nitrogen and oxygen atoms in total. The summed E-state index contributed by atoms with van der Waals surface area (Å²) in [6, 6.07) is 15.8. The number of hydrogen-bond acceptors (Lipinski definition) is 5. The van der Waals surface area contributed by atoms with Gasteiger partial charge in [0.1, 0.15) is 17.7 Å². The van der Waals surface area contributed by atoms with E-state index in [-0.39, 0.29) is 18.9 Å². The van der Waals surface area contributed by atoms with Gasteiger partial charge in [0.15, 0.2) is 0 Å². The van der Waals surface area contributed by atoms with Crippen molar-refractivity contribution in [1.29, 1.82) is 0 Å². The van der Waals surface area contributed by atoms with E-state index in [1.807, 2.05) is 96.1 Å². The molecule has 0 spiro atoms. The lowest BCUT2D eigenvalue weighted by Gasteiger charge is -2.36. The van der Waals surface area contributed by atoms with E-state index < -0.39 is 40.6 Å². The quantitative estimate of drug-likeness (QED) is 0.544. The number of amides is 3. The fourth-order valence-electron chi connectivity index (χ4n) is 4.84. The Morgan fingerprint density at radius 3 is 2.00 bits per heavy atom. The minimum atomic E-state index is -0.917. The van der Waals surface area contributed by atoms with Crippen LogP contribution >= 0.6 is 0 Å². The summed E-state index contributed by atoms with van der Waals surface area (Å²) >= 11 is 0. The largest absolute Gasteiger partial charge is 0.467 e. The van der Waals surface area contributed by atoms with Gasteiger partial charge in [-0.1, -0.05) is 75.4 Å². The second-order valence-corrected chi connectivity index (χ2v) is 12.0. The first-order valence-corrected chi connectivity index (χ1v) is 12.9. The normalized spacial score (nSPS) is 20.5. The maximum absolute atomic E-state index is 14.0. The lowest BCUT2D eigenvalue weighted by atomic mass is 9.85. The Labute approximate surface area is 226 Å². The van der Waals surface area contributed by atoms with Crippen molar-refractivity contribution < 1.29 is 23.9 Å². The molecule has 0 aliphatic carbocycles. The van der Waals surface area contributed by atoms with Gasteiger partial charge < -0.3 is 25.0 Å². The van der Waals surface area contributed by atoms with Gasteiger partial charge in [0.25, 0.3) is 0 Å². The molecule has 0 aromatic heterocycles. The molecular weight excluding hydrogens is 482 g/mol. The van der Waals surface area contributed by atoms with Crippen molar-refractivity contribution in [3.05, 3.63) is 60.2 Å². The number of nitrogens with zero attached hydrogens (tertiary/aromatic N) is 1. The lowest BCUT2D eigenvalue weighted by Crippen LogP contribution is -2.60. The van der Waals surface area contributed by atoms with Crippen LogP contribution in [-0.2, 0) is 24.7 Å². The van der Waals surface area contributed by atoms with E-state index >= 15 is 0 Å². The van der Waals surface area contributed by atoms with Crippen LogP contribution in [0.5, 0.6) is 0 Å². The van der Waals surface area contributed by atoms with E-state index in [1.165, 1.54) is 12.0 Å². The highest BCUT2D eigenvalue weighted by Crippen LogP contribution is 2.41. The highest BCUT2D eigenvalue weighted by Gasteiger charge is 2.53. The van der Waals surface area contributed by atoms with Crippen molar-refractivity contribution in [3.63, 3.8) is 0 Å². The van der Waals surface area contributed by atoms with E-state index in [4.69, 9.17) is 9.47 Å². The van der Waals surface area contributed by atoms with Gasteiger partial charge in [-0.3, -0.25) is 4.79 Å². The summed E-state index contributed by atoms with van der Waals surface area (Å²) in [6.45, 7) is 11.4. The number of benzene rings is 2. The predicted molar refractivity (Wildman–Crippen MR) is 147 cm³/mol. The summed E-state index contributed by atoms with van der Waals surface area (Å²) in [6.07, 6.45) is 0.234. The van der Waals surface area contributed by atoms with E-state index in [0.717, 1.165) is 16.7 Å². The Morgan fingerprint density at radius 1 is 0.921 bits per heavy atom. The maximum atomic E-state index is 14.0. The number of hydrogen-bond donors (Lipinski definition) is 2. The summed E-state index contributed by atoms with van der Waals surface area (Å²) in [4.78, 5) is 41.2. The van der Waals surface area contributed by atoms with Crippen LogP contribution in [-0.4, -0.2) is 61.2 Å². The number of urea groups is 1. The molecule has 0 bridgehead atoms. The summed E-state index contributed by atoms with van der Waals surface area (Å²) in [5.41, 5.74) is 0.985. The monoisotopic (exact) mass is 523 g/mol. The zero-order chi connectivity index (χ0) is 28.3. The van der Waals surface area contributed by atoms with Crippen molar-refractivity contribution >= 4 is 17.9 Å². The molecule has 3 amide bonds. The van der Waals surface area contributed by atoms with Crippen molar-refractivity contribution in [2.24, 2.45) is 5.41 Å². The molecule has 2 aromatic carbocycles. The molecule has 1 saturated heterocycles. The number of ether oxygens (including phenoxy) is 2. The number of rotatable bonds is 6. The van der Waals surface area contributed by atoms with Crippen LogP contribution < -0.4 is 10.6 Å². The van der Waals surface area contributed by atoms with E-state index in [1.54, 1.807) is 7.11 Å². The van der Waals surface area contributed by atoms with Crippen LogP contribution in [0, 0.1) is 5.41 Å². The molecule has 8 heteroatoms. The van der Waals surface area contributed by atoms with Crippen molar-refractivity contribution in [1.82, 2.24) is 15.5 Å². The number of likely N-dealkylation sites (tertiary alicyclic amines) is 1. The van der Waals surface area contributed by atoms with Gasteiger partial charge in [-0.15, -0.1) is 0 Å². The van der Waals surface area contributed by atoms with Gasteiger partial charge in [-0.05, 0) is 42.9 Å². The smallest absolute Gasteiger partial charge is 0.328 e. The molecule has 0 unspecified atom stereocenters. The average molecular weight is 524 g/mol. The van der Waals surface area contributed by atoms with Gasteiger partial charge in [0.05, 0.1) is 13.7 Å². The molecule has 1 heterocycles. The SMILES string of the molecule is COC(=O)[C@@H]1C[C@@](OC)(c2ccc(-c3ccccc3)cc2)CN1C(=O)[C@@H](NC(=O)NC(C)(C)C)C(C)(C)C. The van der Waals surface area contributed by atoms with Gasteiger partial charge >= 0.3 is 12.0 Å². The van der Waals surface area contributed by atoms with Crippen molar-refractivity contribution in [2.45, 2.75) is 71.2 Å². The van der Waals surface area contributed by atoms with Crippen LogP contribution in [0.1, 0.15) is 53.5 Å². The first-order chi connectivity index (χ1) is 17.7. The number of carbonyl (C=O) groups is 3. The Kier molecular flexibility index (Phi) is 8.56. The third kappa shape index (κ3) is 6.54. The molecule has 1 aliphatic heterocycles. The van der Waals surface area contributed by atoms with Crippen molar-refractivity contribution in [3.8, 4) is 11.1 Å². The molecule has 38 heavy (non-hydrogen) atoms. The Balaban J connectivity index is 1.95. The first kappa shape index (κ1) is 29.2. The Hall–Kier alpha value is -3.39. The summed E-state index contributed by atoms with van der Waals surface area (Å²) < 4.78 is 11.1. The maximum Gasteiger partial charge on any atom is 0.328 e. The standard InChI is InChI=1S/C30H41N3O5/c1-28(2,3)24(31-27(36)32-29(4,5)6)25(34)33-19-30(38-8,18-23(33)26(35)37-7)22-16-14-21(15-17-22)20-12-10-9-11-13-20/h9-17,23-24H,18-19H2,1-8H3,(H2,31,32,36)/t23-,24+,30-/m0/s1. The number of methoxy groups -OCH3 is 2. The van der Waals surface area contributed by atoms with E-state index in [9.17, 15) is 14.4 Å². The van der Waals surface area contributed by atoms with E-state index in [2.05, 4.69) is 10.6 Å². The molecule has 2 N–H and O–H groups in total. The van der Waals surface area contributed by atoms with E-state index in [0.29, 0.717) is 0 Å². The summed E-state index contributed by atoms with van der Waals surface area (Å²) in [5, 5.41) is 5.69. The topological polar surface area (TPSA) is 97.0 Å². The first-order valence-electron chi connectivity index (χ1n) is 12.9. The predicted octanol–water partition coefficient (Wildman–Crippen LogP) is 4.48. The second-order valence-electron chi connectivity index (χ2n) is 12.0. The van der Waals surface area contributed by atoms with Crippen LogP contribution in [0.4, 0.5) is 4.79 Å². The Bertz CT molecular complexity index is 1140. The highest BCUT2D eigenvalue weighted by molar-refractivity contribution is 5.92. The molecule has 0 saturated carbocycles. The number of carbonyl (C=O) groups excluding carboxylic acids is 3. The molecule has 3 atom stereocenters. The van der Waals surface area contributed by atoms with Crippen LogP contribution in [0.3, 0.4) is 0 Å². The Morgan fingerprint density at radius 2 is 1.50 bits per heavy atom. The van der Waals surface area contributed by atoms with Crippen LogP contribution in [0.2, 0.25) is 0 Å². The second kappa shape index (κ2) is 11.2. The number of nitrogens with one attached hydrogen (secondary N) is 2. The zero-order valence-electron chi connectivity index (χ0n) is 23.8. The molecule has 2 aromatic rings. The molecule has 3 rings (SSSR count). The van der Waals surface area contributed by atoms with Gasteiger partial charge in [-0.2, -0.15) is 0 Å². The van der Waals surface area contributed by atoms with Gasteiger partial charge in [-0.25, -0.2) is 9.59 Å². The number of esters is 1. The van der Waals surface area contributed by atoms with Crippen molar-refractivity contribution in [2.75, 3.05) is 20.8 Å². The van der Waals surface area contributed by atoms with Crippen LogP contribution in [0.25, 0.3) is 11.1 Å². The molecule has 1 aliphatic rings. The molecule has 1 fully saturated rings. The molecule has 0 radical (unpaired) electrons. The molecular formula is C30H41N3O5. The fraction of sp³-hybridized carbons (Fsp3) is 0.500. The summed E-state index contributed by atoms with van der Waals surface area (Å²) in [5.74, 6) is -0.887. The lowest BCUT2D eigenvalue weighted by molar-refractivity contribution is -0.152. The molecule has 206 valence electrons. The third-order valence-corrected chi connectivity index (χ3v) is 6.87. The fourth-order valence-corrected chi connectivity index (χ4v) is 4.84. The summed E-state index contributed by atoms with van der Waals surface area (Å²) in [7, 11) is 2.90. The van der Waals surface area contributed by atoms with Gasteiger partial charge in [0, 0.05) is 19.1 Å². The minimum Gasteiger partial charge on any atom is -0.467 e. The van der Waals surface area contributed by atoms with Gasteiger partial charge in [0.2, 0.25) is 5.91 Å². The zero-order valence-corrected chi connectivity index (χ0v) is 23.8. The van der Waals surface area contributed by atoms with Crippen LogP contribution in [0.15, 0.2) is 54.6 Å². The minimum absolute atomic E-state index is 0.141. The third-order valence-electron chi connectivity index (χ3n) is 6.87. The average Bonchev–Trinajstić information content (AvgIpc) is 3.27. The highest BCUT2D eigenvalue weighted by atomic mass is 16.5.